The average molecular weight is 331 g/mol. The average Bonchev–Trinajstić information content (AvgIpc) is 3.10. The van der Waals surface area contributed by atoms with E-state index in [1.165, 1.54) is 24.1 Å². The molecule has 4 nitrogen and oxygen atoms in total. The van der Waals surface area contributed by atoms with Crippen LogP contribution < -0.4 is 5.32 Å². The molecule has 0 spiro atoms. The number of rotatable bonds is 9. The van der Waals surface area contributed by atoms with Gasteiger partial charge >= 0.3 is 0 Å². The van der Waals surface area contributed by atoms with Crippen molar-refractivity contribution < 1.29 is 9.84 Å². The molecule has 3 unspecified atom stereocenters. The fourth-order valence-corrected chi connectivity index (χ4v) is 4.46. The van der Waals surface area contributed by atoms with E-state index in [0.717, 1.165) is 12.1 Å². The molecule has 3 atom stereocenters. The highest BCUT2D eigenvalue weighted by Gasteiger charge is 2.26. The van der Waals surface area contributed by atoms with Crippen LogP contribution in [0.2, 0.25) is 0 Å². The minimum absolute atomic E-state index is 0.404. The molecule has 2 rings (SSSR count). The third kappa shape index (κ3) is 5.53. The zero-order valence-electron chi connectivity index (χ0n) is 12.9. The molecule has 1 aromatic heterocycles. The van der Waals surface area contributed by atoms with E-state index in [2.05, 4.69) is 16.6 Å². The molecule has 1 aliphatic rings. The lowest BCUT2D eigenvalue weighted by molar-refractivity contribution is 0.0373. The Kier molecular flexibility index (Phi) is 7.46. The molecule has 6 heteroatoms. The SMILES string of the molecule is CSC1CCCC1NCC(O)COCCc1scnc1C. The third-order valence-electron chi connectivity index (χ3n) is 4.00. The molecule has 1 aromatic rings. The van der Waals surface area contributed by atoms with E-state index in [1.807, 2.05) is 24.2 Å². The fourth-order valence-electron chi connectivity index (χ4n) is 2.74. The lowest BCUT2D eigenvalue weighted by atomic mass is 10.2. The highest BCUT2D eigenvalue weighted by molar-refractivity contribution is 7.99. The number of ether oxygens (including phenoxy) is 1. The van der Waals surface area contributed by atoms with Crippen molar-refractivity contribution in [2.24, 2.45) is 0 Å². The number of aliphatic hydroxyl groups excluding tert-OH is 1. The number of aliphatic hydroxyl groups is 1. The van der Waals surface area contributed by atoms with Crippen LogP contribution in [-0.4, -0.2) is 53.5 Å². The summed E-state index contributed by atoms with van der Waals surface area (Å²) in [4.78, 5) is 5.50. The Hall–Kier alpha value is -0.140. The third-order valence-corrected chi connectivity index (χ3v) is 6.16. The van der Waals surface area contributed by atoms with Crippen LogP contribution in [0, 0.1) is 6.92 Å². The summed E-state index contributed by atoms with van der Waals surface area (Å²) in [5.41, 5.74) is 2.96. The number of hydrogen-bond donors (Lipinski definition) is 2. The molecular weight excluding hydrogens is 304 g/mol. The van der Waals surface area contributed by atoms with Gasteiger partial charge in [-0.2, -0.15) is 11.8 Å². The number of aryl methyl sites for hydroxylation is 1. The zero-order chi connectivity index (χ0) is 15.1. The smallest absolute Gasteiger partial charge is 0.0897 e. The first-order valence-electron chi connectivity index (χ1n) is 7.61. The first kappa shape index (κ1) is 17.2. The predicted octanol–water partition coefficient (Wildman–Crippen LogP) is 2.25. The maximum absolute atomic E-state index is 9.98. The second-order valence-electron chi connectivity index (χ2n) is 5.56. The van der Waals surface area contributed by atoms with Crippen molar-refractivity contribution in [1.82, 2.24) is 10.3 Å². The molecule has 0 amide bonds. The summed E-state index contributed by atoms with van der Waals surface area (Å²) in [5.74, 6) is 0. The molecule has 1 heterocycles. The van der Waals surface area contributed by atoms with Gasteiger partial charge in [0, 0.05) is 29.1 Å². The summed E-state index contributed by atoms with van der Waals surface area (Å²) in [6.07, 6.45) is 6.45. The van der Waals surface area contributed by atoms with E-state index in [1.54, 1.807) is 11.3 Å². The molecular formula is C15H26N2O2S2. The van der Waals surface area contributed by atoms with Crippen molar-refractivity contribution >= 4 is 23.1 Å². The quantitative estimate of drug-likeness (QED) is 0.680. The van der Waals surface area contributed by atoms with Gasteiger partial charge in [0.1, 0.15) is 0 Å². The zero-order valence-corrected chi connectivity index (χ0v) is 14.5. The summed E-state index contributed by atoms with van der Waals surface area (Å²) < 4.78 is 5.58. The second kappa shape index (κ2) is 9.10. The summed E-state index contributed by atoms with van der Waals surface area (Å²) >= 11 is 3.60. The van der Waals surface area contributed by atoms with E-state index in [4.69, 9.17) is 4.74 Å². The van der Waals surface area contributed by atoms with E-state index in [0.29, 0.717) is 31.1 Å². The van der Waals surface area contributed by atoms with Crippen molar-refractivity contribution in [3.05, 3.63) is 16.1 Å². The Morgan fingerprint density at radius 1 is 1.57 bits per heavy atom. The summed E-state index contributed by atoms with van der Waals surface area (Å²) in [7, 11) is 0. The molecule has 120 valence electrons. The highest BCUT2D eigenvalue weighted by Crippen LogP contribution is 2.28. The van der Waals surface area contributed by atoms with Crippen LogP contribution in [0.15, 0.2) is 5.51 Å². The van der Waals surface area contributed by atoms with Gasteiger partial charge in [0.25, 0.3) is 0 Å². The second-order valence-corrected chi connectivity index (χ2v) is 7.58. The van der Waals surface area contributed by atoms with Gasteiger partial charge in [-0.1, -0.05) is 6.42 Å². The van der Waals surface area contributed by atoms with Gasteiger partial charge in [0.05, 0.1) is 30.5 Å². The van der Waals surface area contributed by atoms with Crippen LogP contribution in [0.1, 0.15) is 29.8 Å². The van der Waals surface area contributed by atoms with E-state index < -0.39 is 6.10 Å². The van der Waals surface area contributed by atoms with E-state index in [9.17, 15) is 5.11 Å². The number of nitrogens with zero attached hydrogens (tertiary/aromatic N) is 1. The topological polar surface area (TPSA) is 54.4 Å². The molecule has 1 saturated carbocycles. The molecule has 1 fully saturated rings. The summed E-state index contributed by atoms with van der Waals surface area (Å²) in [5, 5.41) is 14.2. The Bertz CT molecular complexity index is 414. The molecule has 0 aliphatic heterocycles. The van der Waals surface area contributed by atoms with Crippen molar-refractivity contribution in [2.75, 3.05) is 26.0 Å². The van der Waals surface area contributed by atoms with Crippen molar-refractivity contribution in [3.63, 3.8) is 0 Å². The predicted molar refractivity (Wildman–Crippen MR) is 90.3 cm³/mol. The van der Waals surface area contributed by atoms with Gasteiger partial charge in [0.15, 0.2) is 0 Å². The van der Waals surface area contributed by atoms with Crippen LogP contribution in [-0.2, 0) is 11.2 Å². The molecule has 21 heavy (non-hydrogen) atoms. The van der Waals surface area contributed by atoms with Gasteiger partial charge in [-0.15, -0.1) is 11.3 Å². The van der Waals surface area contributed by atoms with Crippen LogP contribution in [0.25, 0.3) is 0 Å². The normalized spacial score (nSPS) is 23.6. The van der Waals surface area contributed by atoms with E-state index in [-0.39, 0.29) is 0 Å². The maximum Gasteiger partial charge on any atom is 0.0897 e. The minimum Gasteiger partial charge on any atom is -0.389 e. The van der Waals surface area contributed by atoms with Crippen molar-refractivity contribution in [2.45, 2.75) is 50.0 Å². The standard InChI is InChI=1S/C15H26N2O2S2/c1-11-14(21-10-17-11)6-7-19-9-12(18)8-16-13-4-3-5-15(13)20-2/h10,12-13,15-16,18H,3-9H2,1-2H3. The lowest BCUT2D eigenvalue weighted by Crippen LogP contribution is -2.40. The Morgan fingerprint density at radius 2 is 2.43 bits per heavy atom. The van der Waals surface area contributed by atoms with Crippen molar-refractivity contribution in [1.29, 1.82) is 0 Å². The van der Waals surface area contributed by atoms with Crippen LogP contribution >= 0.6 is 23.1 Å². The Labute approximate surface area is 135 Å². The van der Waals surface area contributed by atoms with E-state index >= 15 is 0 Å². The van der Waals surface area contributed by atoms with Gasteiger partial charge < -0.3 is 15.2 Å². The van der Waals surface area contributed by atoms with Crippen LogP contribution in [0.3, 0.4) is 0 Å². The number of hydrogen-bond acceptors (Lipinski definition) is 6. The number of thioether (sulfide) groups is 1. The highest BCUT2D eigenvalue weighted by atomic mass is 32.2. The Morgan fingerprint density at radius 3 is 3.14 bits per heavy atom. The monoisotopic (exact) mass is 330 g/mol. The number of thiazole rings is 1. The molecule has 1 aliphatic carbocycles. The van der Waals surface area contributed by atoms with Crippen molar-refractivity contribution in [3.8, 4) is 0 Å². The largest absolute Gasteiger partial charge is 0.389 e. The first-order valence-corrected chi connectivity index (χ1v) is 9.78. The van der Waals surface area contributed by atoms with Gasteiger partial charge in [-0.3, -0.25) is 0 Å². The maximum atomic E-state index is 9.98. The molecule has 2 N–H and O–H groups in total. The number of nitrogens with one attached hydrogen (secondary N) is 1. The first-order chi connectivity index (χ1) is 10.2. The summed E-state index contributed by atoms with van der Waals surface area (Å²) in [6.45, 7) is 3.70. The van der Waals surface area contributed by atoms with Gasteiger partial charge in [-0.05, 0) is 26.0 Å². The van der Waals surface area contributed by atoms with Crippen LogP contribution in [0.5, 0.6) is 0 Å². The molecule has 0 saturated heterocycles. The number of aromatic nitrogens is 1. The van der Waals surface area contributed by atoms with Crippen LogP contribution in [0.4, 0.5) is 0 Å². The molecule has 0 bridgehead atoms. The fraction of sp³-hybridized carbons (Fsp3) is 0.800. The minimum atomic E-state index is -0.421. The Balaban J connectivity index is 1.55. The molecule has 0 aromatic carbocycles. The van der Waals surface area contributed by atoms with Gasteiger partial charge in [-0.25, -0.2) is 4.98 Å². The van der Waals surface area contributed by atoms with Gasteiger partial charge in [0.2, 0.25) is 0 Å². The molecule has 0 radical (unpaired) electrons. The summed E-state index contributed by atoms with van der Waals surface area (Å²) in [6, 6.07) is 0.550. The lowest BCUT2D eigenvalue weighted by Gasteiger charge is -2.21.